The second-order valence-electron chi connectivity index (χ2n) is 6.56. The van der Waals surface area contributed by atoms with Gasteiger partial charge in [0.25, 0.3) is 0 Å². The highest BCUT2D eigenvalue weighted by atomic mass is 16.2. The van der Waals surface area contributed by atoms with E-state index in [1.54, 1.807) is 11.8 Å². The predicted molar refractivity (Wildman–Crippen MR) is 103 cm³/mol. The Morgan fingerprint density at radius 1 is 0.846 bits per heavy atom. The van der Waals surface area contributed by atoms with Gasteiger partial charge in [0.1, 0.15) is 0 Å². The molecule has 0 aliphatic carbocycles. The lowest BCUT2D eigenvalue weighted by atomic mass is 10.2. The maximum absolute atomic E-state index is 12.8. The summed E-state index contributed by atoms with van der Waals surface area (Å²) in [6.45, 7) is 5.03. The summed E-state index contributed by atoms with van der Waals surface area (Å²) in [4.78, 5) is 30.0. The minimum atomic E-state index is 0.0760. The number of benzene rings is 2. The molecule has 1 aliphatic rings. The van der Waals surface area contributed by atoms with Crippen LogP contribution in [0.5, 0.6) is 0 Å². The van der Waals surface area contributed by atoms with Gasteiger partial charge in [-0.25, -0.2) is 0 Å². The van der Waals surface area contributed by atoms with Crippen LogP contribution >= 0.6 is 0 Å². The van der Waals surface area contributed by atoms with Crippen LogP contribution in [0, 0.1) is 0 Å². The molecule has 0 atom stereocenters. The summed E-state index contributed by atoms with van der Waals surface area (Å²) in [6, 6.07) is 20.2. The molecule has 5 heteroatoms. The van der Waals surface area contributed by atoms with Crippen molar-refractivity contribution in [1.29, 1.82) is 0 Å². The number of hydrogen-bond donors (Lipinski definition) is 0. The normalized spacial score (nSPS) is 14.2. The zero-order valence-electron chi connectivity index (χ0n) is 15.2. The molecular weight excluding hydrogens is 326 g/mol. The molecule has 3 rings (SSSR count). The van der Waals surface area contributed by atoms with E-state index in [4.69, 9.17) is 0 Å². The van der Waals surface area contributed by atoms with E-state index in [1.807, 2.05) is 53.4 Å². The van der Waals surface area contributed by atoms with Crippen LogP contribution in [0.4, 0.5) is 5.69 Å². The van der Waals surface area contributed by atoms with E-state index in [2.05, 4.69) is 17.0 Å². The minimum absolute atomic E-state index is 0.0760. The third kappa shape index (κ3) is 4.63. The van der Waals surface area contributed by atoms with E-state index >= 15 is 0 Å². The molecule has 0 radical (unpaired) electrons. The summed E-state index contributed by atoms with van der Waals surface area (Å²) in [5, 5.41) is 0. The lowest BCUT2D eigenvalue weighted by Gasteiger charge is -2.35. The first-order valence-electron chi connectivity index (χ1n) is 9.00. The Morgan fingerprint density at radius 3 is 1.96 bits per heavy atom. The van der Waals surface area contributed by atoms with Crippen molar-refractivity contribution in [2.24, 2.45) is 0 Å². The van der Waals surface area contributed by atoms with Crippen LogP contribution in [-0.4, -0.2) is 54.3 Å². The predicted octanol–water partition coefficient (Wildman–Crippen LogP) is 2.38. The maximum atomic E-state index is 12.8. The summed E-state index contributed by atoms with van der Waals surface area (Å²) in [6.07, 6.45) is 0. The van der Waals surface area contributed by atoms with Gasteiger partial charge in [-0.3, -0.25) is 9.59 Å². The first-order chi connectivity index (χ1) is 12.6. The monoisotopic (exact) mass is 351 g/mol. The van der Waals surface area contributed by atoms with Crippen molar-refractivity contribution in [3.05, 3.63) is 66.2 Å². The van der Waals surface area contributed by atoms with Crippen LogP contribution in [-0.2, 0) is 16.1 Å². The van der Waals surface area contributed by atoms with E-state index in [1.165, 1.54) is 5.56 Å². The number of carbonyl (C=O) groups excluding carboxylic acids is 2. The Bertz CT molecular complexity index is 725. The standard InChI is InChI=1S/C21H25N3O2/c1-18(25)22-12-14-23(15-13-22)21(26)17-24(20-10-6-3-7-11-20)16-19-8-4-2-5-9-19/h2-11H,12-17H2,1H3. The van der Waals surface area contributed by atoms with Crippen LogP contribution in [0.1, 0.15) is 12.5 Å². The fourth-order valence-corrected chi connectivity index (χ4v) is 3.22. The van der Waals surface area contributed by atoms with Crippen LogP contribution in [0.3, 0.4) is 0 Å². The van der Waals surface area contributed by atoms with Gasteiger partial charge in [0.15, 0.2) is 0 Å². The van der Waals surface area contributed by atoms with Crippen LogP contribution in [0.15, 0.2) is 60.7 Å². The van der Waals surface area contributed by atoms with Crippen molar-refractivity contribution in [2.75, 3.05) is 37.6 Å². The largest absolute Gasteiger partial charge is 0.358 e. The van der Waals surface area contributed by atoms with E-state index < -0.39 is 0 Å². The number of nitrogens with zero attached hydrogens (tertiary/aromatic N) is 3. The van der Waals surface area contributed by atoms with Crippen molar-refractivity contribution in [3.63, 3.8) is 0 Å². The van der Waals surface area contributed by atoms with E-state index in [0.717, 1.165) is 5.69 Å². The first-order valence-corrected chi connectivity index (χ1v) is 9.00. The number of amides is 2. The quantitative estimate of drug-likeness (QED) is 0.831. The van der Waals surface area contributed by atoms with Gasteiger partial charge < -0.3 is 14.7 Å². The molecule has 1 fully saturated rings. The number of hydrogen-bond acceptors (Lipinski definition) is 3. The lowest BCUT2D eigenvalue weighted by Crippen LogP contribution is -2.52. The fourth-order valence-electron chi connectivity index (χ4n) is 3.22. The topological polar surface area (TPSA) is 43.9 Å². The van der Waals surface area contributed by atoms with Crippen molar-refractivity contribution in [3.8, 4) is 0 Å². The summed E-state index contributed by atoms with van der Waals surface area (Å²) < 4.78 is 0. The van der Waals surface area contributed by atoms with Gasteiger partial charge in [-0.05, 0) is 17.7 Å². The molecule has 0 aromatic heterocycles. The maximum Gasteiger partial charge on any atom is 0.242 e. The fraction of sp³-hybridized carbons (Fsp3) is 0.333. The van der Waals surface area contributed by atoms with Gasteiger partial charge in [-0.2, -0.15) is 0 Å². The van der Waals surface area contributed by atoms with E-state index in [-0.39, 0.29) is 11.8 Å². The molecule has 0 saturated carbocycles. The Balaban J connectivity index is 1.67. The first kappa shape index (κ1) is 18.0. The van der Waals surface area contributed by atoms with Crippen LogP contribution in [0.25, 0.3) is 0 Å². The number of para-hydroxylation sites is 1. The minimum Gasteiger partial charge on any atom is -0.358 e. The molecule has 0 bridgehead atoms. The summed E-state index contributed by atoms with van der Waals surface area (Å²) in [7, 11) is 0. The van der Waals surface area contributed by atoms with Crippen LogP contribution in [0.2, 0.25) is 0 Å². The molecule has 0 N–H and O–H groups in total. The highest BCUT2D eigenvalue weighted by molar-refractivity contribution is 5.82. The second-order valence-corrected chi connectivity index (χ2v) is 6.56. The Hall–Kier alpha value is -2.82. The van der Waals surface area contributed by atoms with Gasteiger partial charge in [0.05, 0.1) is 6.54 Å². The molecule has 1 saturated heterocycles. The molecule has 2 aromatic rings. The average Bonchev–Trinajstić information content (AvgIpc) is 2.69. The van der Waals surface area contributed by atoms with Gasteiger partial charge in [-0.15, -0.1) is 0 Å². The van der Waals surface area contributed by atoms with Crippen molar-refractivity contribution in [1.82, 2.24) is 9.80 Å². The Morgan fingerprint density at radius 2 is 1.38 bits per heavy atom. The Labute approximate surface area is 154 Å². The van der Waals surface area contributed by atoms with Crippen LogP contribution < -0.4 is 4.90 Å². The zero-order valence-corrected chi connectivity index (χ0v) is 15.2. The van der Waals surface area contributed by atoms with E-state index in [9.17, 15) is 9.59 Å². The molecule has 136 valence electrons. The number of anilines is 1. The van der Waals surface area contributed by atoms with Crippen molar-refractivity contribution >= 4 is 17.5 Å². The molecular formula is C21H25N3O2. The average molecular weight is 351 g/mol. The summed E-state index contributed by atoms with van der Waals surface area (Å²) >= 11 is 0. The van der Waals surface area contributed by atoms with Gasteiger partial charge in [0.2, 0.25) is 11.8 Å². The van der Waals surface area contributed by atoms with Gasteiger partial charge >= 0.3 is 0 Å². The molecule has 2 amide bonds. The lowest BCUT2D eigenvalue weighted by molar-refractivity contribution is -0.137. The third-order valence-electron chi connectivity index (χ3n) is 4.74. The summed E-state index contributed by atoms with van der Waals surface area (Å²) in [5.41, 5.74) is 2.21. The molecule has 1 aliphatic heterocycles. The molecule has 0 unspecified atom stereocenters. The van der Waals surface area contributed by atoms with E-state index in [0.29, 0.717) is 39.3 Å². The highest BCUT2D eigenvalue weighted by Gasteiger charge is 2.24. The Kier molecular flexibility index (Phi) is 5.89. The highest BCUT2D eigenvalue weighted by Crippen LogP contribution is 2.17. The van der Waals surface area contributed by atoms with Gasteiger partial charge in [0, 0.05) is 45.3 Å². The van der Waals surface area contributed by atoms with Crippen molar-refractivity contribution in [2.45, 2.75) is 13.5 Å². The molecule has 1 heterocycles. The molecule has 0 spiro atoms. The number of piperazine rings is 1. The molecule has 2 aromatic carbocycles. The smallest absolute Gasteiger partial charge is 0.242 e. The van der Waals surface area contributed by atoms with Crippen molar-refractivity contribution < 1.29 is 9.59 Å². The zero-order chi connectivity index (χ0) is 18.4. The SMILES string of the molecule is CC(=O)N1CCN(C(=O)CN(Cc2ccccc2)c2ccccc2)CC1. The van der Waals surface area contributed by atoms with Gasteiger partial charge in [-0.1, -0.05) is 48.5 Å². The summed E-state index contributed by atoms with van der Waals surface area (Å²) in [5.74, 6) is 0.181. The molecule has 5 nitrogen and oxygen atoms in total. The molecule has 26 heavy (non-hydrogen) atoms. The number of carbonyl (C=O) groups is 2. The number of rotatable bonds is 5. The second kappa shape index (κ2) is 8.52. The third-order valence-corrected chi connectivity index (χ3v) is 4.74.